The van der Waals surface area contributed by atoms with Crippen molar-refractivity contribution in [2.75, 3.05) is 0 Å². The predicted molar refractivity (Wildman–Crippen MR) is 111 cm³/mol. The maximum Gasteiger partial charge on any atom is 0.206 e. The summed E-state index contributed by atoms with van der Waals surface area (Å²) in [6.45, 7) is 0.933. The lowest BCUT2D eigenvalue weighted by Crippen LogP contribution is -2.17. The van der Waals surface area contributed by atoms with Gasteiger partial charge in [0.25, 0.3) is 0 Å². The fraction of sp³-hybridized carbons (Fsp3) is 0.125. The molecular formula is C24H20FN3O2. The van der Waals surface area contributed by atoms with Crippen molar-refractivity contribution in [2.24, 2.45) is 0 Å². The van der Waals surface area contributed by atoms with Crippen molar-refractivity contribution in [1.29, 1.82) is 0 Å². The van der Waals surface area contributed by atoms with Crippen LogP contribution in [0.3, 0.4) is 0 Å². The van der Waals surface area contributed by atoms with E-state index in [-0.39, 0.29) is 29.6 Å². The van der Waals surface area contributed by atoms with E-state index in [0.717, 1.165) is 11.1 Å². The molecule has 30 heavy (non-hydrogen) atoms. The third-order valence-electron chi connectivity index (χ3n) is 4.86. The Hall–Kier alpha value is -3.80. The molecule has 0 aliphatic rings. The Bertz CT molecular complexity index is 1160. The number of carbonyl (C=O) groups is 2. The standard InChI is InChI=1S/C24H20FN3O2/c25-20-10-8-19(9-11-20)16-27-13-4-7-21(27)22(29)15-23(30)24-26-12-14-28(24)17-18-5-2-1-3-6-18/h1-14H,15-17H2. The molecule has 0 bridgehead atoms. The summed E-state index contributed by atoms with van der Waals surface area (Å²) in [4.78, 5) is 29.7. The quantitative estimate of drug-likeness (QED) is 0.325. The monoisotopic (exact) mass is 401 g/mol. The van der Waals surface area contributed by atoms with Crippen LogP contribution in [-0.2, 0) is 13.1 Å². The van der Waals surface area contributed by atoms with Crippen molar-refractivity contribution >= 4 is 11.6 Å². The van der Waals surface area contributed by atoms with Crippen molar-refractivity contribution in [3.05, 3.63) is 114 Å². The van der Waals surface area contributed by atoms with Gasteiger partial charge in [0.1, 0.15) is 5.82 Å². The van der Waals surface area contributed by atoms with Crippen LogP contribution in [-0.4, -0.2) is 25.7 Å². The van der Waals surface area contributed by atoms with E-state index in [1.165, 1.54) is 12.1 Å². The lowest BCUT2D eigenvalue weighted by Gasteiger charge is -2.10. The molecule has 0 aliphatic heterocycles. The second-order valence-corrected chi connectivity index (χ2v) is 7.04. The Balaban J connectivity index is 1.46. The van der Waals surface area contributed by atoms with Crippen molar-refractivity contribution in [2.45, 2.75) is 19.5 Å². The van der Waals surface area contributed by atoms with Gasteiger partial charge in [0.2, 0.25) is 5.78 Å². The van der Waals surface area contributed by atoms with Gasteiger partial charge in [-0.1, -0.05) is 42.5 Å². The number of rotatable bonds is 8. The molecule has 0 spiro atoms. The fourth-order valence-corrected chi connectivity index (χ4v) is 3.38. The van der Waals surface area contributed by atoms with Gasteiger partial charge in [-0.15, -0.1) is 0 Å². The van der Waals surface area contributed by atoms with E-state index in [9.17, 15) is 14.0 Å². The minimum Gasteiger partial charge on any atom is -0.341 e. The van der Waals surface area contributed by atoms with Crippen LogP contribution in [0.1, 0.15) is 38.7 Å². The molecular weight excluding hydrogens is 381 g/mol. The predicted octanol–water partition coefficient (Wildman–Crippen LogP) is 4.38. The van der Waals surface area contributed by atoms with Gasteiger partial charge in [-0.05, 0) is 35.4 Å². The van der Waals surface area contributed by atoms with Gasteiger partial charge in [0, 0.05) is 31.7 Å². The van der Waals surface area contributed by atoms with Crippen molar-refractivity contribution < 1.29 is 14.0 Å². The highest BCUT2D eigenvalue weighted by atomic mass is 19.1. The zero-order valence-electron chi connectivity index (χ0n) is 16.2. The molecule has 2 aromatic carbocycles. The van der Waals surface area contributed by atoms with Gasteiger partial charge in [0.05, 0.1) is 12.1 Å². The molecule has 150 valence electrons. The number of hydrogen-bond acceptors (Lipinski definition) is 3. The summed E-state index contributed by atoms with van der Waals surface area (Å²) in [5.41, 5.74) is 2.35. The van der Waals surface area contributed by atoms with Crippen LogP contribution in [0.4, 0.5) is 4.39 Å². The smallest absolute Gasteiger partial charge is 0.206 e. The maximum atomic E-state index is 13.1. The van der Waals surface area contributed by atoms with E-state index < -0.39 is 0 Å². The van der Waals surface area contributed by atoms with Crippen LogP contribution in [0.25, 0.3) is 0 Å². The molecule has 0 atom stereocenters. The number of carbonyl (C=O) groups excluding carboxylic acids is 2. The van der Waals surface area contributed by atoms with Gasteiger partial charge < -0.3 is 9.13 Å². The number of imidazole rings is 1. The average molecular weight is 401 g/mol. The number of ketones is 2. The third-order valence-corrected chi connectivity index (χ3v) is 4.86. The molecule has 0 aliphatic carbocycles. The van der Waals surface area contributed by atoms with Crippen LogP contribution in [0.15, 0.2) is 85.3 Å². The van der Waals surface area contributed by atoms with Crippen LogP contribution in [0.2, 0.25) is 0 Å². The minimum atomic E-state index is -0.324. The second-order valence-electron chi connectivity index (χ2n) is 7.04. The number of nitrogens with zero attached hydrogens (tertiary/aromatic N) is 3. The Morgan fingerprint density at radius 3 is 2.23 bits per heavy atom. The van der Waals surface area contributed by atoms with E-state index in [4.69, 9.17) is 0 Å². The van der Waals surface area contributed by atoms with Crippen LogP contribution >= 0.6 is 0 Å². The maximum absolute atomic E-state index is 13.1. The van der Waals surface area contributed by atoms with Crippen molar-refractivity contribution in [3.8, 4) is 0 Å². The number of halogens is 1. The molecule has 0 fully saturated rings. The van der Waals surface area contributed by atoms with E-state index in [0.29, 0.717) is 18.8 Å². The summed E-state index contributed by atoms with van der Waals surface area (Å²) < 4.78 is 16.6. The number of benzene rings is 2. The Morgan fingerprint density at radius 1 is 0.767 bits per heavy atom. The molecule has 0 amide bonds. The van der Waals surface area contributed by atoms with Gasteiger partial charge >= 0.3 is 0 Å². The summed E-state index contributed by atoms with van der Waals surface area (Å²) in [7, 11) is 0. The SMILES string of the molecule is O=C(CC(=O)c1nccn1Cc1ccccc1)c1cccn1Cc1ccc(F)cc1. The highest BCUT2D eigenvalue weighted by molar-refractivity contribution is 6.11. The molecule has 2 aromatic heterocycles. The Morgan fingerprint density at radius 2 is 1.47 bits per heavy atom. The summed E-state index contributed by atoms with van der Waals surface area (Å²) in [6, 6.07) is 19.3. The van der Waals surface area contributed by atoms with Gasteiger partial charge in [-0.25, -0.2) is 9.37 Å². The lowest BCUT2D eigenvalue weighted by atomic mass is 10.1. The Kier molecular flexibility index (Phi) is 5.66. The number of aromatic nitrogens is 3. The van der Waals surface area contributed by atoms with E-state index in [1.807, 2.05) is 30.3 Å². The normalized spacial score (nSPS) is 10.8. The zero-order valence-corrected chi connectivity index (χ0v) is 16.2. The highest BCUT2D eigenvalue weighted by Gasteiger charge is 2.20. The molecule has 6 heteroatoms. The first-order valence-electron chi connectivity index (χ1n) is 9.61. The molecule has 0 saturated carbocycles. The fourth-order valence-electron chi connectivity index (χ4n) is 3.38. The first-order chi connectivity index (χ1) is 14.6. The molecule has 0 unspecified atom stereocenters. The summed E-state index contributed by atoms with van der Waals surface area (Å²) in [5, 5.41) is 0. The van der Waals surface area contributed by atoms with E-state index in [2.05, 4.69) is 4.98 Å². The largest absolute Gasteiger partial charge is 0.341 e. The second kappa shape index (κ2) is 8.69. The van der Waals surface area contributed by atoms with E-state index in [1.54, 1.807) is 52.0 Å². The van der Waals surface area contributed by atoms with Crippen molar-refractivity contribution in [3.63, 3.8) is 0 Å². The van der Waals surface area contributed by atoms with Crippen LogP contribution < -0.4 is 0 Å². The number of Topliss-reactive ketones (excluding diaryl/α,β-unsaturated/α-hetero) is 2. The summed E-state index contributed by atoms with van der Waals surface area (Å²) >= 11 is 0. The molecule has 0 saturated heterocycles. The van der Waals surface area contributed by atoms with Crippen LogP contribution in [0, 0.1) is 5.82 Å². The van der Waals surface area contributed by atoms with Gasteiger partial charge in [-0.3, -0.25) is 9.59 Å². The molecule has 4 aromatic rings. The molecule has 2 heterocycles. The lowest BCUT2D eigenvalue weighted by molar-refractivity contribution is 0.0881. The topological polar surface area (TPSA) is 56.9 Å². The molecule has 0 radical (unpaired) electrons. The molecule has 5 nitrogen and oxygen atoms in total. The molecule has 4 rings (SSSR count). The first-order valence-corrected chi connectivity index (χ1v) is 9.61. The first kappa shape index (κ1) is 19.5. The third kappa shape index (κ3) is 4.43. The Labute approximate surface area is 173 Å². The molecule has 0 N–H and O–H groups in total. The van der Waals surface area contributed by atoms with Crippen molar-refractivity contribution in [1.82, 2.24) is 14.1 Å². The summed E-state index contributed by atoms with van der Waals surface area (Å²) in [5.74, 6) is -0.639. The van der Waals surface area contributed by atoms with Gasteiger partial charge in [0.15, 0.2) is 11.6 Å². The summed E-state index contributed by atoms with van der Waals surface area (Å²) in [6.07, 6.45) is 4.82. The average Bonchev–Trinajstić information content (AvgIpc) is 3.40. The van der Waals surface area contributed by atoms with Gasteiger partial charge in [-0.2, -0.15) is 0 Å². The highest BCUT2D eigenvalue weighted by Crippen LogP contribution is 2.14. The number of hydrogen-bond donors (Lipinski definition) is 0. The minimum absolute atomic E-state index is 0.265. The zero-order chi connectivity index (χ0) is 20.9. The van der Waals surface area contributed by atoms with Crippen LogP contribution in [0.5, 0.6) is 0 Å². The van der Waals surface area contributed by atoms with E-state index >= 15 is 0 Å².